The third-order valence-electron chi connectivity index (χ3n) is 3.61. The molecule has 1 unspecified atom stereocenters. The van der Waals surface area contributed by atoms with Gasteiger partial charge in [-0.1, -0.05) is 36.9 Å². The van der Waals surface area contributed by atoms with Crippen molar-refractivity contribution in [1.29, 1.82) is 0 Å². The highest BCUT2D eigenvalue weighted by Crippen LogP contribution is 2.27. The average Bonchev–Trinajstić information content (AvgIpc) is 2.48. The fourth-order valence-corrected chi connectivity index (χ4v) is 2.51. The molecule has 3 nitrogen and oxygen atoms in total. The molecule has 1 aliphatic rings. The summed E-state index contributed by atoms with van der Waals surface area (Å²) in [4.78, 5) is 11.6. The minimum Gasteiger partial charge on any atom is -0.381 e. The molecule has 1 atom stereocenters. The molecule has 1 aromatic carbocycles. The van der Waals surface area contributed by atoms with Crippen LogP contribution in [0.3, 0.4) is 0 Å². The number of ether oxygens (including phenoxy) is 1. The van der Waals surface area contributed by atoms with E-state index in [0.29, 0.717) is 5.92 Å². The van der Waals surface area contributed by atoms with E-state index < -0.39 is 0 Å². The van der Waals surface area contributed by atoms with E-state index >= 15 is 0 Å². The zero-order valence-corrected chi connectivity index (χ0v) is 11.2. The van der Waals surface area contributed by atoms with Crippen LogP contribution in [0.1, 0.15) is 30.9 Å². The van der Waals surface area contributed by atoms with Crippen LogP contribution in [0.2, 0.25) is 0 Å². The van der Waals surface area contributed by atoms with Crippen molar-refractivity contribution in [3.05, 3.63) is 48.6 Å². The molecule has 1 fully saturated rings. The third-order valence-corrected chi connectivity index (χ3v) is 3.61. The highest BCUT2D eigenvalue weighted by Gasteiger charge is 2.21. The van der Waals surface area contributed by atoms with E-state index in [2.05, 4.69) is 24.0 Å². The van der Waals surface area contributed by atoms with Crippen LogP contribution in [-0.4, -0.2) is 19.1 Å². The zero-order valence-electron chi connectivity index (χ0n) is 11.2. The number of carbonyl (C=O) groups is 1. The smallest absolute Gasteiger partial charge is 0.243 e. The van der Waals surface area contributed by atoms with Crippen molar-refractivity contribution in [2.45, 2.75) is 25.3 Å². The van der Waals surface area contributed by atoms with Gasteiger partial charge in [-0.05, 0) is 36.8 Å². The molecular weight excluding hydrogens is 238 g/mol. The maximum Gasteiger partial charge on any atom is 0.243 e. The van der Waals surface area contributed by atoms with E-state index in [9.17, 15) is 4.79 Å². The Morgan fingerprint density at radius 3 is 2.68 bits per heavy atom. The van der Waals surface area contributed by atoms with E-state index in [1.807, 2.05) is 18.2 Å². The number of nitrogens with one attached hydrogen (secondary N) is 1. The standard InChI is InChI=1S/C16H21NO2/c1-2-16(18)17-15(14-6-4-3-5-7-14)12-13-8-10-19-11-9-13/h2-7,13,15H,1,8-12H2,(H,17,18). The summed E-state index contributed by atoms with van der Waals surface area (Å²) in [6, 6.07) is 10.2. The Balaban J connectivity index is 2.05. The lowest BCUT2D eigenvalue weighted by Gasteiger charge is -2.27. The van der Waals surface area contributed by atoms with Crippen LogP contribution in [0.5, 0.6) is 0 Å². The molecule has 19 heavy (non-hydrogen) atoms. The molecule has 1 N–H and O–H groups in total. The van der Waals surface area contributed by atoms with E-state index in [-0.39, 0.29) is 11.9 Å². The minimum atomic E-state index is -0.110. The van der Waals surface area contributed by atoms with Gasteiger partial charge in [0.15, 0.2) is 0 Å². The Kier molecular flexibility index (Phi) is 5.16. The predicted octanol–water partition coefficient (Wildman–Crippen LogP) is 2.85. The first-order valence-electron chi connectivity index (χ1n) is 6.85. The quantitative estimate of drug-likeness (QED) is 0.826. The van der Waals surface area contributed by atoms with Crippen molar-refractivity contribution in [2.24, 2.45) is 5.92 Å². The fraction of sp³-hybridized carbons (Fsp3) is 0.438. The van der Waals surface area contributed by atoms with Crippen LogP contribution in [0, 0.1) is 5.92 Å². The van der Waals surface area contributed by atoms with Crippen molar-refractivity contribution in [1.82, 2.24) is 5.32 Å². The monoisotopic (exact) mass is 259 g/mol. The number of benzene rings is 1. The molecule has 1 saturated heterocycles. The number of amides is 1. The van der Waals surface area contributed by atoms with Crippen molar-refractivity contribution in [2.75, 3.05) is 13.2 Å². The molecular formula is C16H21NO2. The number of hydrogen-bond donors (Lipinski definition) is 1. The zero-order chi connectivity index (χ0) is 13.5. The molecule has 0 bridgehead atoms. The van der Waals surface area contributed by atoms with Crippen LogP contribution < -0.4 is 5.32 Å². The van der Waals surface area contributed by atoms with Gasteiger partial charge in [-0.3, -0.25) is 4.79 Å². The fourth-order valence-electron chi connectivity index (χ4n) is 2.51. The molecule has 0 aromatic heterocycles. The number of carbonyl (C=O) groups excluding carboxylic acids is 1. The normalized spacial score (nSPS) is 17.7. The van der Waals surface area contributed by atoms with E-state index in [4.69, 9.17) is 4.74 Å². The van der Waals surface area contributed by atoms with Crippen LogP contribution in [0.15, 0.2) is 43.0 Å². The summed E-state index contributed by atoms with van der Waals surface area (Å²) in [7, 11) is 0. The SMILES string of the molecule is C=CC(=O)NC(CC1CCOCC1)c1ccccc1. The Labute approximate surface area is 114 Å². The van der Waals surface area contributed by atoms with E-state index in [1.54, 1.807) is 0 Å². The van der Waals surface area contributed by atoms with Gasteiger partial charge < -0.3 is 10.1 Å². The molecule has 0 spiro atoms. The minimum absolute atomic E-state index is 0.0646. The molecule has 3 heteroatoms. The topological polar surface area (TPSA) is 38.3 Å². The summed E-state index contributed by atoms with van der Waals surface area (Å²) in [5.74, 6) is 0.505. The molecule has 1 amide bonds. The molecule has 1 heterocycles. The summed E-state index contributed by atoms with van der Waals surface area (Å²) in [5, 5.41) is 3.03. The second-order valence-electron chi connectivity index (χ2n) is 4.97. The summed E-state index contributed by atoms with van der Waals surface area (Å²) in [6.45, 7) is 5.19. The van der Waals surface area contributed by atoms with Gasteiger partial charge in [0.25, 0.3) is 0 Å². The maximum absolute atomic E-state index is 11.6. The summed E-state index contributed by atoms with van der Waals surface area (Å²) < 4.78 is 5.39. The Bertz CT molecular complexity index is 410. The molecule has 102 valence electrons. The van der Waals surface area contributed by atoms with E-state index in [1.165, 1.54) is 6.08 Å². The van der Waals surface area contributed by atoms with Crippen LogP contribution in [0.25, 0.3) is 0 Å². The lowest BCUT2D eigenvalue weighted by molar-refractivity contribution is -0.117. The highest BCUT2D eigenvalue weighted by atomic mass is 16.5. The third kappa shape index (κ3) is 4.21. The Morgan fingerprint density at radius 2 is 2.05 bits per heavy atom. The molecule has 0 aliphatic carbocycles. The lowest BCUT2D eigenvalue weighted by atomic mass is 9.89. The van der Waals surface area contributed by atoms with E-state index in [0.717, 1.165) is 38.0 Å². The Morgan fingerprint density at radius 1 is 1.37 bits per heavy atom. The van der Waals surface area contributed by atoms with Gasteiger partial charge in [-0.2, -0.15) is 0 Å². The highest BCUT2D eigenvalue weighted by molar-refractivity contribution is 5.87. The Hall–Kier alpha value is -1.61. The largest absolute Gasteiger partial charge is 0.381 e. The second-order valence-corrected chi connectivity index (χ2v) is 4.97. The maximum atomic E-state index is 11.6. The predicted molar refractivity (Wildman–Crippen MR) is 75.7 cm³/mol. The molecule has 0 saturated carbocycles. The number of rotatable bonds is 5. The first-order valence-corrected chi connectivity index (χ1v) is 6.85. The van der Waals surface area contributed by atoms with Crippen LogP contribution in [0.4, 0.5) is 0 Å². The van der Waals surface area contributed by atoms with Crippen molar-refractivity contribution >= 4 is 5.91 Å². The van der Waals surface area contributed by atoms with Gasteiger partial charge in [0.1, 0.15) is 0 Å². The van der Waals surface area contributed by atoms with Crippen LogP contribution >= 0.6 is 0 Å². The summed E-state index contributed by atoms with van der Waals surface area (Å²) in [6.07, 6.45) is 4.45. The molecule has 1 aliphatic heterocycles. The molecule has 0 radical (unpaired) electrons. The van der Waals surface area contributed by atoms with Crippen LogP contribution in [-0.2, 0) is 9.53 Å². The van der Waals surface area contributed by atoms with Gasteiger partial charge in [0.2, 0.25) is 5.91 Å². The first-order chi connectivity index (χ1) is 9.29. The van der Waals surface area contributed by atoms with Crippen molar-refractivity contribution in [3.8, 4) is 0 Å². The molecule has 2 rings (SSSR count). The number of hydrogen-bond acceptors (Lipinski definition) is 2. The summed E-state index contributed by atoms with van der Waals surface area (Å²) in [5.41, 5.74) is 1.16. The average molecular weight is 259 g/mol. The molecule has 1 aromatic rings. The van der Waals surface area contributed by atoms with Gasteiger partial charge in [0.05, 0.1) is 6.04 Å². The lowest BCUT2D eigenvalue weighted by Crippen LogP contribution is -2.30. The van der Waals surface area contributed by atoms with Gasteiger partial charge in [-0.25, -0.2) is 0 Å². The second kappa shape index (κ2) is 7.10. The van der Waals surface area contributed by atoms with Crippen molar-refractivity contribution in [3.63, 3.8) is 0 Å². The summed E-state index contributed by atoms with van der Waals surface area (Å²) >= 11 is 0. The van der Waals surface area contributed by atoms with Gasteiger partial charge in [-0.15, -0.1) is 0 Å². The van der Waals surface area contributed by atoms with Gasteiger partial charge in [0, 0.05) is 13.2 Å². The van der Waals surface area contributed by atoms with Gasteiger partial charge >= 0.3 is 0 Å². The first kappa shape index (κ1) is 13.8. The van der Waals surface area contributed by atoms with Crippen molar-refractivity contribution < 1.29 is 9.53 Å².